The molecule has 13 heavy (non-hydrogen) atoms. The Labute approximate surface area is 75.5 Å². The van der Waals surface area contributed by atoms with Crippen molar-refractivity contribution >= 4 is 0 Å². The van der Waals surface area contributed by atoms with Gasteiger partial charge in [0.25, 0.3) is 0 Å². The van der Waals surface area contributed by atoms with Crippen LogP contribution in [0.15, 0.2) is 18.2 Å². The highest BCUT2D eigenvalue weighted by Gasteiger charge is 2.10. The summed E-state index contributed by atoms with van der Waals surface area (Å²) in [5.41, 5.74) is 11.2. The van der Waals surface area contributed by atoms with E-state index in [1.54, 1.807) is 0 Å². The van der Waals surface area contributed by atoms with Crippen molar-refractivity contribution < 1.29 is 8.78 Å². The minimum atomic E-state index is -0.610. The zero-order valence-corrected chi connectivity index (χ0v) is 7.13. The van der Waals surface area contributed by atoms with Crippen molar-refractivity contribution in [3.05, 3.63) is 35.4 Å². The number of nitrogens with two attached hydrogens (primary N) is 2. The van der Waals surface area contributed by atoms with Crippen molar-refractivity contribution in [2.24, 2.45) is 11.5 Å². The first-order chi connectivity index (χ1) is 6.15. The highest BCUT2D eigenvalue weighted by molar-refractivity contribution is 5.21. The number of benzene rings is 1. The summed E-state index contributed by atoms with van der Waals surface area (Å²) in [6, 6.07) is 2.91. The molecule has 1 atom stereocenters. The molecule has 4 heteroatoms. The number of hydrogen-bond donors (Lipinski definition) is 2. The van der Waals surface area contributed by atoms with Crippen LogP contribution in [0.1, 0.15) is 18.0 Å². The van der Waals surface area contributed by atoms with Crippen LogP contribution < -0.4 is 11.5 Å². The average Bonchev–Trinajstić information content (AvgIpc) is 2.04. The molecule has 0 spiro atoms. The van der Waals surface area contributed by atoms with Gasteiger partial charge in [-0.05, 0) is 19.0 Å². The van der Waals surface area contributed by atoms with Crippen molar-refractivity contribution in [1.29, 1.82) is 0 Å². The first-order valence-electron chi connectivity index (χ1n) is 4.05. The van der Waals surface area contributed by atoms with Gasteiger partial charge in [0.05, 0.1) is 0 Å². The van der Waals surface area contributed by atoms with Gasteiger partial charge in [-0.25, -0.2) is 8.78 Å². The average molecular weight is 186 g/mol. The predicted molar refractivity (Wildman–Crippen MR) is 47.0 cm³/mol. The molecule has 0 unspecified atom stereocenters. The first kappa shape index (κ1) is 10.1. The zero-order chi connectivity index (χ0) is 9.84. The fourth-order valence-corrected chi connectivity index (χ4v) is 1.14. The molecular formula is C9H12F2N2. The van der Waals surface area contributed by atoms with E-state index in [-0.39, 0.29) is 0 Å². The lowest BCUT2D eigenvalue weighted by Crippen LogP contribution is -2.16. The van der Waals surface area contributed by atoms with E-state index < -0.39 is 17.7 Å². The van der Waals surface area contributed by atoms with Gasteiger partial charge in [0.2, 0.25) is 0 Å². The largest absolute Gasteiger partial charge is 0.330 e. The van der Waals surface area contributed by atoms with Gasteiger partial charge in [0.15, 0.2) is 0 Å². The van der Waals surface area contributed by atoms with Crippen LogP contribution in [0.3, 0.4) is 0 Å². The highest BCUT2D eigenvalue weighted by atomic mass is 19.1. The molecule has 0 aliphatic heterocycles. The van der Waals surface area contributed by atoms with Gasteiger partial charge in [0, 0.05) is 17.7 Å². The van der Waals surface area contributed by atoms with Crippen LogP contribution in [0.2, 0.25) is 0 Å². The Hall–Kier alpha value is -1.00. The Bertz CT molecular complexity index is 289. The minimum Gasteiger partial charge on any atom is -0.330 e. The second kappa shape index (κ2) is 4.30. The zero-order valence-electron chi connectivity index (χ0n) is 7.13. The maximum atomic E-state index is 13.1. The van der Waals surface area contributed by atoms with E-state index >= 15 is 0 Å². The van der Waals surface area contributed by atoms with Crippen molar-refractivity contribution in [2.45, 2.75) is 12.5 Å². The summed E-state index contributed by atoms with van der Waals surface area (Å²) < 4.78 is 25.6. The summed E-state index contributed by atoms with van der Waals surface area (Å²) in [6.45, 7) is 0.387. The smallest absolute Gasteiger partial charge is 0.130 e. The van der Waals surface area contributed by atoms with E-state index in [2.05, 4.69) is 0 Å². The fraction of sp³-hybridized carbons (Fsp3) is 0.333. The molecule has 1 aromatic rings. The van der Waals surface area contributed by atoms with E-state index in [0.29, 0.717) is 18.5 Å². The monoisotopic (exact) mass is 186 g/mol. The maximum absolute atomic E-state index is 13.1. The summed E-state index contributed by atoms with van der Waals surface area (Å²) in [7, 11) is 0. The molecule has 0 bridgehead atoms. The maximum Gasteiger partial charge on any atom is 0.130 e. The molecule has 0 heterocycles. The van der Waals surface area contributed by atoms with Crippen LogP contribution in [-0.2, 0) is 0 Å². The summed E-state index contributed by atoms with van der Waals surface area (Å²) in [6.07, 6.45) is 0.489. The summed E-state index contributed by atoms with van der Waals surface area (Å²) in [4.78, 5) is 0. The standard InChI is InChI=1S/C9H12F2N2/c10-6-1-2-7(8(11)5-6)9(13)3-4-12/h1-2,5,9H,3-4,12-13H2/t9-/m1/s1. The van der Waals surface area contributed by atoms with Crippen molar-refractivity contribution in [3.8, 4) is 0 Å². The topological polar surface area (TPSA) is 52.0 Å². The molecule has 0 saturated carbocycles. The van der Waals surface area contributed by atoms with Crippen LogP contribution in [0.4, 0.5) is 8.78 Å². The van der Waals surface area contributed by atoms with Gasteiger partial charge in [-0.15, -0.1) is 0 Å². The molecule has 2 nitrogen and oxygen atoms in total. The SMILES string of the molecule is NCC[C@@H](N)c1ccc(F)cc1F. The minimum absolute atomic E-state index is 0.312. The third-order valence-corrected chi connectivity index (χ3v) is 1.84. The quantitative estimate of drug-likeness (QED) is 0.747. The van der Waals surface area contributed by atoms with E-state index in [4.69, 9.17) is 11.5 Å². The molecule has 4 N–H and O–H groups in total. The molecule has 0 fully saturated rings. The van der Waals surface area contributed by atoms with E-state index in [1.165, 1.54) is 12.1 Å². The predicted octanol–water partition coefficient (Wildman–Crippen LogP) is 1.31. The van der Waals surface area contributed by atoms with Crippen LogP contribution >= 0.6 is 0 Å². The molecule has 0 aromatic heterocycles. The van der Waals surface area contributed by atoms with Gasteiger partial charge in [-0.1, -0.05) is 6.07 Å². The molecule has 72 valence electrons. The number of halogens is 2. The summed E-state index contributed by atoms with van der Waals surface area (Å²) in [5.74, 6) is -1.21. The Morgan fingerprint density at radius 2 is 2.00 bits per heavy atom. The molecule has 1 rings (SSSR count). The van der Waals surface area contributed by atoms with Crippen LogP contribution in [0.5, 0.6) is 0 Å². The number of rotatable bonds is 3. The van der Waals surface area contributed by atoms with Gasteiger partial charge in [0.1, 0.15) is 11.6 Å². The summed E-state index contributed by atoms with van der Waals surface area (Å²) >= 11 is 0. The van der Waals surface area contributed by atoms with Gasteiger partial charge >= 0.3 is 0 Å². The van der Waals surface area contributed by atoms with Gasteiger partial charge in [-0.2, -0.15) is 0 Å². The van der Waals surface area contributed by atoms with Gasteiger partial charge < -0.3 is 11.5 Å². The van der Waals surface area contributed by atoms with Gasteiger partial charge in [-0.3, -0.25) is 0 Å². The van der Waals surface area contributed by atoms with E-state index in [1.807, 2.05) is 0 Å². The van der Waals surface area contributed by atoms with Crippen molar-refractivity contribution in [3.63, 3.8) is 0 Å². The summed E-state index contributed by atoms with van der Waals surface area (Å²) in [5, 5.41) is 0. The Kier molecular flexibility index (Phi) is 3.33. The second-order valence-corrected chi connectivity index (χ2v) is 2.85. The van der Waals surface area contributed by atoms with Crippen molar-refractivity contribution in [2.75, 3.05) is 6.54 Å². The first-order valence-corrected chi connectivity index (χ1v) is 4.05. The van der Waals surface area contributed by atoms with E-state index in [9.17, 15) is 8.78 Å². The van der Waals surface area contributed by atoms with Crippen LogP contribution in [0, 0.1) is 11.6 Å². The number of hydrogen-bond acceptors (Lipinski definition) is 2. The van der Waals surface area contributed by atoms with E-state index in [0.717, 1.165) is 6.07 Å². The Morgan fingerprint density at radius 1 is 1.31 bits per heavy atom. The molecule has 0 aliphatic carbocycles. The molecule has 0 aliphatic rings. The second-order valence-electron chi connectivity index (χ2n) is 2.85. The molecule has 0 saturated heterocycles. The molecule has 0 amide bonds. The lowest BCUT2D eigenvalue weighted by atomic mass is 10.0. The van der Waals surface area contributed by atoms with Crippen molar-refractivity contribution in [1.82, 2.24) is 0 Å². The molecule has 0 radical (unpaired) electrons. The fourth-order valence-electron chi connectivity index (χ4n) is 1.14. The third kappa shape index (κ3) is 2.47. The van der Waals surface area contributed by atoms with Crippen LogP contribution in [-0.4, -0.2) is 6.54 Å². The lowest BCUT2D eigenvalue weighted by Gasteiger charge is -2.11. The Morgan fingerprint density at radius 3 is 2.54 bits per heavy atom. The molecular weight excluding hydrogens is 174 g/mol. The lowest BCUT2D eigenvalue weighted by molar-refractivity contribution is 0.546. The molecule has 1 aromatic carbocycles. The van der Waals surface area contributed by atoms with Crippen LogP contribution in [0.25, 0.3) is 0 Å². The Balaban J connectivity index is 2.88. The normalized spacial score (nSPS) is 12.9. The highest BCUT2D eigenvalue weighted by Crippen LogP contribution is 2.17. The third-order valence-electron chi connectivity index (χ3n) is 1.84.